The summed E-state index contributed by atoms with van der Waals surface area (Å²) in [5, 5.41) is 3.34. The lowest BCUT2D eigenvalue weighted by molar-refractivity contribution is -0.128. The second-order valence-electron chi connectivity index (χ2n) is 4.81. The van der Waals surface area contributed by atoms with Crippen LogP contribution >= 0.6 is 0 Å². The van der Waals surface area contributed by atoms with Crippen LogP contribution in [0.4, 0.5) is 0 Å². The van der Waals surface area contributed by atoms with Crippen LogP contribution in [0.2, 0.25) is 0 Å². The number of carbonyl (C=O) groups is 1. The Morgan fingerprint density at radius 1 is 1.56 bits per heavy atom. The first-order valence-electron chi connectivity index (χ1n) is 6.40. The molecular weight excluding hydrogens is 228 g/mol. The summed E-state index contributed by atoms with van der Waals surface area (Å²) in [6.07, 6.45) is 0.949. The molecule has 0 radical (unpaired) electrons. The van der Waals surface area contributed by atoms with Gasteiger partial charge in [0.05, 0.1) is 6.61 Å². The monoisotopic (exact) mass is 248 g/mol. The van der Waals surface area contributed by atoms with Gasteiger partial charge in [-0.1, -0.05) is 32.0 Å². The van der Waals surface area contributed by atoms with Crippen molar-refractivity contribution in [1.29, 1.82) is 0 Å². The van der Waals surface area contributed by atoms with Crippen LogP contribution in [0.3, 0.4) is 0 Å². The van der Waals surface area contributed by atoms with Crippen LogP contribution in [0, 0.1) is 5.92 Å². The van der Waals surface area contributed by atoms with Crippen LogP contribution < -0.4 is 15.8 Å². The zero-order chi connectivity index (χ0) is 13.2. The SMILES string of the molecule is CCCNC1(C(N)=O)c2ccccc2OCC1C. The molecule has 4 heteroatoms. The first-order chi connectivity index (χ1) is 8.63. The molecule has 0 saturated carbocycles. The summed E-state index contributed by atoms with van der Waals surface area (Å²) in [6, 6.07) is 7.61. The highest BCUT2D eigenvalue weighted by atomic mass is 16.5. The molecule has 18 heavy (non-hydrogen) atoms. The van der Waals surface area contributed by atoms with Crippen molar-refractivity contribution >= 4 is 5.91 Å². The molecule has 0 aliphatic carbocycles. The Morgan fingerprint density at radius 3 is 2.94 bits per heavy atom. The maximum Gasteiger partial charge on any atom is 0.242 e. The molecule has 0 bridgehead atoms. The molecule has 0 aromatic heterocycles. The zero-order valence-corrected chi connectivity index (χ0v) is 10.9. The van der Waals surface area contributed by atoms with Gasteiger partial charge in [-0.2, -0.15) is 0 Å². The lowest BCUT2D eigenvalue weighted by atomic mass is 9.76. The number of hydrogen-bond donors (Lipinski definition) is 2. The predicted octanol–water partition coefficient (Wildman–Crippen LogP) is 1.40. The van der Waals surface area contributed by atoms with Gasteiger partial charge in [0.2, 0.25) is 5.91 Å². The number of nitrogens with one attached hydrogen (secondary N) is 1. The average Bonchev–Trinajstić information content (AvgIpc) is 2.37. The van der Waals surface area contributed by atoms with E-state index in [1.54, 1.807) is 0 Å². The van der Waals surface area contributed by atoms with E-state index >= 15 is 0 Å². The average molecular weight is 248 g/mol. The fourth-order valence-corrected chi connectivity index (χ4v) is 2.58. The lowest BCUT2D eigenvalue weighted by Gasteiger charge is -2.42. The third kappa shape index (κ3) is 1.86. The van der Waals surface area contributed by atoms with Crippen molar-refractivity contribution in [3.05, 3.63) is 29.8 Å². The second kappa shape index (κ2) is 4.98. The van der Waals surface area contributed by atoms with E-state index in [0.717, 1.165) is 24.3 Å². The molecule has 2 rings (SSSR count). The number of carbonyl (C=O) groups excluding carboxylic acids is 1. The zero-order valence-electron chi connectivity index (χ0n) is 10.9. The fraction of sp³-hybridized carbons (Fsp3) is 0.500. The molecule has 1 aliphatic rings. The number of fused-ring (bicyclic) bond motifs is 1. The lowest BCUT2D eigenvalue weighted by Crippen LogP contribution is -2.60. The normalized spacial score (nSPS) is 26.2. The van der Waals surface area contributed by atoms with Crippen LogP contribution in [0.15, 0.2) is 24.3 Å². The van der Waals surface area contributed by atoms with E-state index < -0.39 is 5.54 Å². The number of hydrogen-bond acceptors (Lipinski definition) is 3. The summed E-state index contributed by atoms with van der Waals surface area (Å²) in [4.78, 5) is 12.1. The van der Waals surface area contributed by atoms with Crippen molar-refractivity contribution in [3.63, 3.8) is 0 Å². The molecule has 3 N–H and O–H groups in total. The predicted molar refractivity (Wildman–Crippen MR) is 70.3 cm³/mol. The van der Waals surface area contributed by atoms with E-state index in [9.17, 15) is 4.79 Å². The summed E-state index contributed by atoms with van der Waals surface area (Å²) in [5.74, 6) is 0.425. The Hall–Kier alpha value is -1.55. The number of rotatable bonds is 4. The maximum atomic E-state index is 12.1. The molecule has 98 valence electrons. The highest BCUT2D eigenvalue weighted by Gasteiger charge is 2.47. The van der Waals surface area contributed by atoms with E-state index in [2.05, 4.69) is 12.2 Å². The van der Waals surface area contributed by atoms with Crippen LogP contribution in [0.1, 0.15) is 25.8 Å². The first-order valence-corrected chi connectivity index (χ1v) is 6.40. The standard InChI is InChI=1S/C14H20N2O2/c1-3-8-16-14(13(15)17)10(2)9-18-12-7-5-4-6-11(12)14/h4-7,10,16H,3,8-9H2,1-2H3,(H2,15,17). The van der Waals surface area contributed by atoms with Gasteiger partial charge in [0.25, 0.3) is 0 Å². The van der Waals surface area contributed by atoms with E-state index in [0.29, 0.717) is 6.61 Å². The molecule has 0 fully saturated rings. The summed E-state index contributed by atoms with van der Waals surface area (Å²) >= 11 is 0. The van der Waals surface area contributed by atoms with E-state index in [-0.39, 0.29) is 11.8 Å². The molecule has 1 aromatic carbocycles. The van der Waals surface area contributed by atoms with Gasteiger partial charge in [0.1, 0.15) is 11.3 Å². The van der Waals surface area contributed by atoms with Gasteiger partial charge in [-0.05, 0) is 19.0 Å². The second-order valence-corrected chi connectivity index (χ2v) is 4.81. The van der Waals surface area contributed by atoms with Crippen LogP contribution in [-0.4, -0.2) is 19.1 Å². The number of nitrogens with two attached hydrogens (primary N) is 1. The summed E-state index contributed by atoms with van der Waals surface area (Å²) in [7, 11) is 0. The largest absolute Gasteiger partial charge is 0.493 e. The Morgan fingerprint density at radius 2 is 2.28 bits per heavy atom. The minimum Gasteiger partial charge on any atom is -0.493 e. The smallest absolute Gasteiger partial charge is 0.242 e. The topological polar surface area (TPSA) is 64.3 Å². The van der Waals surface area contributed by atoms with E-state index in [1.165, 1.54) is 0 Å². The Kier molecular flexibility index (Phi) is 3.57. The van der Waals surface area contributed by atoms with E-state index in [4.69, 9.17) is 10.5 Å². The van der Waals surface area contributed by atoms with Crippen LogP contribution in [0.25, 0.3) is 0 Å². The summed E-state index contributed by atoms with van der Waals surface area (Å²) < 4.78 is 5.67. The van der Waals surface area contributed by atoms with Crippen molar-refractivity contribution in [1.82, 2.24) is 5.32 Å². The van der Waals surface area contributed by atoms with Gasteiger partial charge in [-0.15, -0.1) is 0 Å². The first kappa shape index (κ1) is 12.9. The van der Waals surface area contributed by atoms with Gasteiger partial charge in [0.15, 0.2) is 0 Å². The van der Waals surface area contributed by atoms with Crippen molar-refractivity contribution in [2.24, 2.45) is 11.7 Å². The number of para-hydroxylation sites is 1. The number of ether oxygens (including phenoxy) is 1. The summed E-state index contributed by atoms with van der Waals surface area (Å²) in [5.41, 5.74) is 5.73. The van der Waals surface area contributed by atoms with Crippen molar-refractivity contribution in [3.8, 4) is 5.75 Å². The van der Waals surface area contributed by atoms with Crippen LogP contribution in [0.5, 0.6) is 5.75 Å². The van der Waals surface area contributed by atoms with Crippen molar-refractivity contribution < 1.29 is 9.53 Å². The van der Waals surface area contributed by atoms with Gasteiger partial charge in [0, 0.05) is 11.5 Å². The molecule has 0 spiro atoms. The highest BCUT2D eigenvalue weighted by molar-refractivity contribution is 5.88. The molecule has 4 nitrogen and oxygen atoms in total. The number of benzene rings is 1. The number of amides is 1. The summed E-state index contributed by atoms with van der Waals surface area (Å²) in [6.45, 7) is 5.30. The molecule has 1 aromatic rings. The highest BCUT2D eigenvalue weighted by Crippen LogP contribution is 2.40. The Labute approximate surface area is 108 Å². The molecule has 1 heterocycles. The van der Waals surface area contributed by atoms with Gasteiger partial charge in [-0.3, -0.25) is 10.1 Å². The fourth-order valence-electron chi connectivity index (χ4n) is 2.58. The quantitative estimate of drug-likeness (QED) is 0.846. The molecule has 1 amide bonds. The molecular formula is C14H20N2O2. The minimum atomic E-state index is -0.815. The third-order valence-corrected chi connectivity index (χ3v) is 3.58. The van der Waals surface area contributed by atoms with Gasteiger partial charge in [-0.25, -0.2) is 0 Å². The maximum absolute atomic E-state index is 12.1. The van der Waals surface area contributed by atoms with Crippen molar-refractivity contribution in [2.45, 2.75) is 25.8 Å². The van der Waals surface area contributed by atoms with Crippen molar-refractivity contribution in [2.75, 3.05) is 13.2 Å². The minimum absolute atomic E-state index is 0.0106. The molecule has 2 atom stereocenters. The van der Waals surface area contributed by atoms with Gasteiger partial charge >= 0.3 is 0 Å². The molecule has 0 saturated heterocycles. The Bertz CT molecular complexity index is 447. The van der Waals surface area contributed by atoms with Crippen LogP contribution in [-0.2, 0) is 10.3 Å². The molecule has 1 aliphatic heterocycles. The van der Waals surface area contributed by atoms with E-state index in [1.807, 2.05) is 31.2 Å². The van der Waals surface area contributed by atoms with Gasteiger partial charge < -0.3 is 10.5 Å². The number of primary amides is 1. The third-order valence-electron chi connectivity index (χ3n) is 3.58. The Balaban J connectivity index is 2.52. The molecule has 2 unspecified atom stereocenters.